The molecule has 10 heteroatoms. The zero-order chi connectivity index (χ0) is 21.5. The van der Waals surface area contributed by atoms with E-state index in [2.05, 4.69) is 20.6 Å². The Morgan fingerprint density at radius 3 is 2.53 bits per heavy atom. The van der Waals surface area contributed by atoms with Crippen LogP contribution in [-0.4, -0.2) is 47.3 Å². The quantitative estimate of drug-likeness (QED) is 0.361. The standard InChI is InChI=1S/C20H19FN4O5/c1-29-6-7-30-14-8-15(21)19-16(9-14)22-11-23-20(19)25-13-4-2-12(3-5-13)24-17(26)10-18(27)28/h2-5,8-9,11H,6-7,10H2,1H3,(H,24,26)(H,27,28)(H,22,23,25). The van der Waals surface area contributed by atoms with E-state index in [9.17, 15) is 14.0 Å². The lowest BCUT2D eigenvalue weighted by Gasteiger charge is -2.12. The third-order valence-corrected chi connectivity index (χ3v) is 3.96. The zero-order valence-corrected chi connectivity index (χ0v) is 16.0. The molecule has 1 heterocycles. The molecule has 0 atom stereocenters. The van der Waals surface area contributed by atoms with Gasteiger partial charge in [0, 0.05) is 30.6 Å². The average molecular weight is 414 g/mol. The number of aromatic nitrogens is 2. The highest BCUT2D eigenvalue weighted by Gasteiger charge is 2.13. The minimum Gasteiger partial charge on any atom is -0.491 e. The number of hydrogen-bond acceptors (Lipinski definition) is 7. The summed E-state index contributed by atoms with van der Waals surface area (Å²) in [6, 6.07) is 9.33. The van der Waals surface area contributed by atoms with E-state index in [-0.39, 0.29) is 17.8 Å². The van der Waals surface area contributed by atoms with Crippen molar-refractivity contribution in [3.8, 4) is 5.75 Å². The highest BCUT2D eigenvalue weighted by Crippen LogP contribution is 2.29. The maximum Gasteiger partial charge on any atom is 0.312 e. The first-order valence-corrected chi connectivity index (χ1v) is 8.91. The molecule has 1 aromatic heterocycles. The number of carbonyl (C=O) groups is 2. The Morgan fingerprint density at radius 1 is 1.10 bits per heavy atom. The summed E-state index contributed by atoms with van der Waals surface area (Å²) in [5.41, 5.74) is 1.40. The van der Waals surface area contributed by atoms with E-state index in [1.807, 2.05) is 0 Å². The number of fused-ring (bicyclic) bond motifs is 1. The van der Waals surface area contributed by atoms with Gasteiger partial charge in [0.1, 0.15) is 36.7 Å². The molecule has 2 aromatic carbocycles. The smallest absolute Gasteiger partial charge is 0.312 e. The Labute approximate surface area is 170 Å². The second-order valence-electron chi connectivity index (χ2n) is 6.18. The van der Waals surface area contributed by atoms with Gasteiger partial charge in [-0.15, -0.1) is 0 Å². The van der Waals surface area contributed by atoms with E-state index < -0.39 is 24.1 Å². The van der Waals surface area contributed by atoms with Crippen LogP contribution in [0.25, 0.3) is 10.9 Å². The SMILES string of the molecule is COCCOc1cc(F)c2c(Nc3ccc(NC(=O)CC(=O)O)cc3)ncnc2c1. The first-order valence-electron chi connectivity index (χ1n) is 8.91. The second-order valence-corrected chi connectivity index (χ2v) is 6.18. The maximum absolute atomic E-state index is 14.7. The lowest BCUT2D eigenvalue weighted by Crippen LogP contribution is -2.15. The molecule has 30 heavy (non-hydrogen) atoms. The third kappa shape index (κ3) is 5.39. The first kappa shape index (κ1) is 20.9. The Hall–Kier alpha value is -3.79. The number of nitrogens with one attached hydrogen (secondary N) is 2. The summed E-state index contributed by atoms with van der Waals surface area (Å²) in [6.07, 6.45) is 0.687. The molecule has 1 amide bonds. The highest BCUT2D eigenvalue weighted by molar-refractivity contribution is 6.01. The molecule has 0 aliphatic rings. The Kier molecular flexibility index (Phi) is 6.71. The summed E-state index contributed by atoms with van der Waals surface area (Å²) < 4.78 is 25.1. The largest absolute Gasteiger partial charge is 0.491 e. The van der Waals surface area contributed by atoms with Crippen molar-refractivity contribution < 1.29 is 28.6 Å². The Bertz CT molecular complexity index is 1060. The Morgan fingerprint density at radius 2 is 1.83 bits per heavy atom. The number of anilines is 3. The molecule has 3 N–H and O–H groups in total. The fraction of sp³-hybridized carbons (Fsp3) is 0.200. The second kappa shape index (κ2) is 9.61. The molecule has 0 spiro atoms. The lowest BCUT2D eigenvalue weighted by molar-refractivity contribution is -0.139. The molecule has 0 unspecified atom stereocenters. The van der Waals surface area contributed by atoms with Crippen molar-refractivity contribution in [3.05, 3.63) is 48.5 Å². The van der Waals surface area contributed by atoms with Crippen LogP contribution >= 0.6 is 0 Å². The number of methoxy groups -OCH3 is 1. The molecule has 0 saturated heterocycles. The molecule has 3 rings (SSSR count). The van der Waals surface area contributed by atoms with Gasteiger partial charge in [-0.25, -0.2) is 14.4 Å². The molecule has 156 valence electrons. The van der Waals surface area contributed by atoms with Crippen molar-refractivity contribution in [2.24, 2.45) is 0 Å². The van der Waals surface area contributed by atoms with Gasteiger partial charge in [0.2, 0.25) is 5.91 Å². The van der Waals surface area contributed by atoms with E-state index in [1.54, 1.807) is 37.4 Å². The van der Waals surface area contributed by atoms with Crippen LogP contribution in [0.4, 0.5) is 21.6 Å². The molecule has 0 radical (unpaired) electrons. The van der Waals surface area contributed by atoms with Crippen molar-refractivity contribution in [3.63, 3.8) is 0 Å². The average Bonchev–Trinajstić information content (AvgIpc) is 2.69. The summed E-state index contributed by atoms with van der Waals surface area (Å²) in [5, 5.41) is 14.3. The number of hydrogen-bond donors (Lipinski definition) is 3. The van der Waals surface area contributed by atoms with E-state index in [1.165, 1.54) is 12.4 Å². The zero-order valence-electron chi connectivity index (χ0n) is 16.0. The van der Waals surface area contributed by atoms with Crippen molar-refractivity contribution in [1.29, 1.82) is 0 Å². The van der Waals surface area contributed by atoms with Gasteiger partial charge in [-0.3, -0.25) is 9.59 Å². The molecule has 3 aromatic rings. The van der Waals surface area contributed by atoms with Crippen LogP contribution in [0.1, 0.15) is 6.42 Å². The van der Waals surface area contributed by atoms with Gasteiger partial charge in [-0.05, 0) is 24.3 Å². The minimum atomic E-state index is -1.21. The van der Waals surface area contributed by atoms with Gasteiger partial charge in [0.25, 0.3) is 0 Å². The summed E-state index contributed by atoms with van der Waals surface area (Å²) in [5.74, 6) is -1.78. The van der Waals surface area contributed by atoms with Gasteiger partial charge < -0.3 is 25.2 Å². The molecular formula is C20H19FN4O5. The van der Waals surface area contributed by atoms with Crippen LogP contribution in [0.15, 0.2) is 42.7 Å². The molecular weight excluding hydrogens is 395 g/mol. The van der Waals surface area contributed by atoms with Gasteiger partial charge >= 0.3 is 5.97 Å². The highest BCUT2D eigenvalue weighted by atomic mass is 19.1. The number of rotatable bonds is 9. The number of carboxylic acid groups (broad SMARTS) is 1. The van der Waals surface area contributed by atoms with Gasteiger partial charge in [-0.2, -0.15) is 0 Å². The van der Waals surface area contributed by atoms with Crippen LogP contribution in [-0.2, 0) is 14.3 Å². The number of ether oxygens (including phenoxy) is 2. The number of carbonyl (C=O) groups excluding carboxylic acids is 1. The van der Waals surface area contributed by atoms with Crippen molar-refractivity contribution in [2.75, 3.05) is 31.0 Å². The molecule has 0 saturated carbocycles. The molecule has 0 aliphatic carbocycles. The van der Waals surface area contributed by atoms with E-state index in [0.29, 0.717) is 29.2 Å². The van der Waals surface area contributed by atoms with Crippen LogP contribution in [0.2, 0.25) is 0 Å². The number of benzene rings is 2. The van der Waals surface area contributed by atoms with Gasteiger partial charge in [0.05, 0.1) is 17.5 Å². The van der Waals surface area contributed by atoms with Crippen LogP contribution in [0.5, 0.6) is 5.75 Å². The number of aliphatic carboxylic acids is 1. The fourth-order valence-electron chi connectivity index (χ4n) is 2.65. The first-order chi connectivity index (χ1) is 14.5. The van der Waals surface area contributed by atoms with Crippen LogP contribution in [0.3, 0.4) is 0 Å². The topological polar surface area (TPSA) is 123 Å². The minimum absolute atomic E-state index is 0.204. The van der Waals surface area contributed by atoms with Crippen molar-refractivity contribution >= 4 is 40.0 Å². The predicted octanol–water partition coefficient (Wildman–Crippen LogP) is 2.95. The lowest BCUT2D eigenvalue weighted by atomic mass is 10.2. The van der Waals surface area contributed by atoms with Crippen molar-refractivity contribution in [1.82, 2.24) is 9.97 Å². The molecule has 0 aliphatic heterocycles. The van der Waals surface area contributed by atoms with Crippen LogP contribution in [0, 0.1) is 5.82 Å². The summed E-state index contributed by atoms with van der Waals surface area (Å²) in [7, 11) is 1.55. The summed E-state index contributed by atoms with van der Waals surface area (Å²) >= 11 is 0. The van der Waals surface area contributed by atoms with Crippen LogP contribution < -0.4 is 15.4 Å². The van der Waals surface area contributed by atoms with E-state index in [0.717, 1.165) is 0 Å². The van der Waals surface area contributed by atoms with Gasteiger partial charge in [-0.1, -0.05) is 0 Å². The molecule has 0 bridgehead atoms. The number of carboxylic acids is 1. The number of halogens is 1. The Balaban J connectivity index is 1.77. The summed E-state index contributed by atoms with van der Waals surface area (Å²) in [4.78, 5) is 30.3. The van der Waals surface area contributed by atoms with E-state index in [4.69, 9.17) is 14.6 Å². The molecule has 9 nitrogen and oxygen atoms in total. The third-order valence-electron chi connectivity index (χ3n) is 3.96. The van der Waals surface area contributed by atoms with E-state index >= 15 is 0 Å². The monoisotopic (exact) mass is 414 g/mol. The predicted molar refractivity (Wildman–Crippen MR) is 107 cm³/mol. The summed E-state index contributed by atoms with van der Waals surface area (Å²) in [6.45, 7) is 0.663. The van der Waals surface area contributed by atoms with Gasteiger partial charge in [0.15, 0.2) is 0 Å². The maximum atomic E-state index is 14.7. The normalized spacial score (nSPS) is 10.6. The number of amides is 1. The van der Waals surface area contributed by atoms with Crippen molar-refractivity contribution in [2.45, 2.75) is 6.42 Å². The molecule has 0 fully saturated rings. The fourth-order valence-corrected chi connectivity index (χ4v) is 2.65. The number of nitrogens with zero attached hydrogens (tertiary/aromatic N) is 2.